The summed E-state index contributed by atoms with van der Waals surface area (Å²) in [6.45, 7) is 5.84. The van der Waals surface area contributed by atoms with Gasteiger partial charge in [-0.1, -0.05) is 23.8 Å². The van der Waals surface area contributed by atoms with Gasteiger partial charge in [-0.3, -0.25) is 9.69 Å². The molecule has 23 heavy (non-hydrogen) atoms. The van der Waals surface area contributed by atoms with Gasteiger partial charge in [-0.05, 0) is 50.7 Å². The molecule has 3 rings (SSSR count). The molecule has 0 bridgehead atoms. The summed E-state index contributed by atoms with van der Waals surface area (Å²) in [5.74, 6) is 0.121. The summed E-state index contributed by atoms with van der Waals surface area (Å²) in [6, 6.07) is 6.91. The van der Waals surface area contributed by atoms with Gasteiger partial charge in [-0.15, -0.1) is 0 Å². The molecule has 1 aromatic rings. The molecule has 4 nitrogen and oxygen atoms in total. The second kappa shape index (κ2) is 7.02. The quantitative estimate of drug-likeness (QED) is 0.893. The van der Waals surface area contributed by atoms with Gasteiger partial charge in [0, 0.05) is 25.2 Å². The van der Waals surface area contributed by atoms with Crippen molar-refractivity contribution in [2.45, 2.75) is 64.1 Å². The molecule has 0 radical (unpaired) electrons. The van der Waals surface area contributed by atoms with Crippen molar-refractivity contribution in [2.75, 3.05) is 13.1 Å². The van der Waals surface area contributed by atoms with Crippen LogP contribution in [0.4, 0.5) is 0 Å². The summed E-state index contributed by atoms with van der Waals surface area (Å²) in [7, 11) is 0. The zero-order valence-corrected chi connectivity index (χ0v) is 14.2. The first-order valence-corrected chi connectivity index (χ1v) is 8.80. The Morgan fingerprint density at radius 1 is 1.30 bits per heavy atom. The molecule has 2 fully saturated rings. The fraction of sp³-hybridized carbons (Fsp3) is 0.632. The number of carbonyl (C=O) groups excluding carboxylic acids is 1. The second-order valence-electron chi connectivity index (χ2n) is 7.22. The number of carbonyl (C=O) groups is 1. The highest BCUT2D eigenvalue weighted by atomic mass is 16.3. The number of aryl methyl sites for hydroxylation is 2. The Bertz CT molecular complexity index is 572. The van der Waals surface area contributed by atoms with Crippen LogP contribution in [0.5, 0.6) is 0 Å². The number of nitrogens with zero attached hydrogens (tertiary/aromatic N) is 1. The van der Waals surface area contributed by atoms with Crippen molar-refractivity contribution in [1.29, 1.82) is 0 Å². The fourth-order valence-corrected chi connectivity index (χ4v) is 4.04. The van der Waals surface area contributed by atoms with Crippen molar-refractivity contribution < 1.29 is 9.90 Å². The molecule has 0 aromatic heterocycles. The molecule has 1 saturated carbocycles. The Kier molecular flexibility index (Phi) is 5.02. The standard InChI is InChI=1S/C19H28N2O2/c1-13-6-7-14(2)15(10-13)11-19(23)20-17-4-3-5-18(17)21-9-8-16(22)12-21/h6-7,10,16-18,22H,3-5,8-9,11-12H2,1-2H3,(H,20,23)/t16?,17-,18+/m1/s1. The van der Waals surface area contributed by atoms with Crippen molar-refractivity contribution in [3.8, 4) is 0 Å². The molecule has 3 atom stereocenters. The molecule has 1 unspecified atom stereocenters. The lowest BCUT2D eigenvalue weighted by Gasteiger charge is -2.29. The lowest BCUT2D eigenvalue weighted by atomic mass is 10.0. The number of hydrogen-bond donors (Lipinski definition) is 2. The van der Waals surface area contributed by atoms with Crippen LogP contribution in [0.2, 0.25) is 0 Å². The predicted octanol–water partition coefficient (Wildman–Crippen LogP) is 1.95. The van der Waals surface area contributed by atoms with Gasteiger partial charge in [0.15, 0.2) is 0 Å². The maximum Gasteiger partial charge on any atom is 0.224 e. The Labute approximate surface area is 138 Å². The first-order valence-electron chi connectivity index (χ1n) is 8.80. The minimum absolute atomic E-state index is 0.121. The Balaban J connectivity index is 1.59. The number of amides is 1. The average molecular weight is 316 g/mol. The second-order valence-corrected chi connectivity index (χ2v) is 7.22. The highest BCUT2D eigenvalue weighted by molar-refractivity contribution is 5.79. The molecule has 1 aliphatic heterocycles. The van der Waals surface area contributed by atoms with E-state index in [2.05, 4.69) is 42.3 Å². The predicted molar refractivity (Wildman–Crippen MR) is 91.4 cm³/mol. The number of aliphatic hydroxyl groups excluding tert-OH is 1. The number of hydrogen-bond acceptors (Lipinski definition) is 3. The summed E-state index contributed by atoms with van der Waals surface area (Å²) < 4.78 is 0. The fourth-order valence-electron chi connectivity index (χ4n) is 4.04. The molecule has 1 amide bonds. The van der Waals surface area contributed by atoms with E-state index in [0.29, 0.717) is 12.5 Å². The number of rotatable bonds is 4. The van der Waals surface area contributed by atoms with Crippen LogP contribution in [-0.2, 0) is 11.2 Å². The largest absolute Gasteiger partial charge is 0.392 e. The number of likely N-dealkylation sites (tertiary alicyclic amines) is 1. The smallest absolute Gasteiger partial charge is 0.224 e. The van der Waals surface area contributed by atoms with Crippen LogP contribution in [0.3, 0.4) is 0 Å². The summed E-state index contributed by atoms with van der Waals surface area (Å²) in [4.78, 5) is 14.8. The molecule has 2 N–H and O–H groups in total. The van der Waals surface area contributed by atoms with Crippen LogP contribution in [0.1, 0.15) is 42.4 Å². The first kappa shape index (κ1) is 16.5. The van der Waals surface area contributed by atoms with E-state index < -0.39 is 0 Å². The third kappa shape index (κ3) is 3.93. The van der Waals surface area contributed by atoms with Crippen LogP contribution in [0, 0.1) is 13.8 Å². The molecule has 126 valence electrons. The van der Waals surface area contributed by atoms with Gasteiger partial charge < -0.3 is 10.4 Å². The van der Waals surface area contributed by atoms with Gasteiger partial charge >= 0.3 is 0 Å². The summed E-state index contributed by atoms with van der Waals surface area (Å²) in [5.41, 5.74) is 3.49. The molecular formula is C19H28N2O2. The number of benzene rings is 1. The van der Waals surface area contributed by atoms with E-state index in [9.17, 15) is 9.90 Å². The Hall–Kier alpha value is -1.39. The molecule has 1 saturated heterocycles. The molecule has 1 heterocycles. The molecule has 1 aliphatic carbocycles. The van der Waals surface area contributed by atoms with Gasteiger partial charge in [0.25, 0.3) is 0 Å². The van der Waals surface area contributed by atoms with E-state index in [0.717, 1.165) is 44.3 Å². The summed E-state index contributed by atoms with van der Waals surface area (Å²) in [5, 5.41) is 13.0. The third-order valence-corrected chi connectivity index (χ3v) is 5.35. The monoisotopic (exact) mass is 316 g/mol. The van der Waals surface area contributed by atoms with Crippen LogP contribution in [-0.4, -0.2) is 47.2 Å². The average Bonchev–Trinajstić information content (AvgIpc) is 3.11. The molecule has 1 aromatic carbocycles. The van der Waals surface area contributed by atoms with Crippen LogP contribution in [0.25, 0.3) is 0 Å². The van der Waals surface area contributed by atoms with Crippen LogP contribution < -0.4 is 5.32 Å². The zero-order valence-electron chi connectivity index (χ0n) is 14.2. The molecular weight excluding hydrogens is 288 g/mol. The molecule has 0 spiro atoms. The van der Waals surface area contributed by atoms with E-state index in [1.54, 1.807) is 0 Å². The van der Waals surface area contributed by atoms with E-state index in [4.69, 9.17) is 0 Å². The lowest BCUT2D eigenvalue weighted by molar-refractivity contribution is -0.121. The molecule has 2 aliphatic rings. The first-order chi connectivity index (χ1) is 11.0. The maximum absolute atomic E-state index is 12.5. The van der Waals surface area contributed by atoms with Gasteiger partial charge in [-0.2, -0.15) is 0 Å². The lowest BCUT2D eigenvalue weighted by Crippen LogP contribution is -2.48. The van der Waals surface area contributed by atoms with E-state index in [1.807, 2.05) is 0 Å². The van der Waals surface area contributed by atoms with E-state index >= 15 is 0 Å². The van der Waals surface area contributed by atoms with Crippen molar-refractivity contribution in [1.82, 2.24) is 10.2 Å². The number of nitrogens with one attached hydrogen (secondary N) is 1. The topological polar surface area (TPSA) is 52.6 Å². The Morgan fingerprint density at radius 3 is 2.87 bits per heavy atom. The SMILES string of the molecule is Cc1ccc(C)c(CC(=O)N[C@@H]2CCC[C@@H]2N2CCC(O)C2)c1. The highest BCUT2D eigenvalue weighted by Gasteiger charge is 2.36. The minimum Gasteiger partial charge on any atom is -0.392 e. The number of aliphatic hydroxyl groups is 1. The Morgan fingerprint density at radius 2 is 2.13 bits per heavy atom. The highest BCUT2D eigenvalue weighted by Crippen LogP contribution is 2.27. The van der Waals surface area contributed by atoms with Crippen LogP contribution in [0.15, 0.2) is 18.2 Å². The van der Waals surface area contributed by atoms with Crippen molar-refractivity contribution >= 4 is 5.91 Å². The molecule has 4 heteroatoms. The van der Waals surface area contributed by atoms with Crippen LogP contribution >= 0.6 is 0 Å². The van der Waals surface area contributed by atoms with Crippen molar-refractivity contribution in [3.63, 3.8) is 0 Å². The minimum atomic E-state index is -0.193. The van der Waals surface area contributed by atoms with Gasteiger partial charge in [0.05, 0.1) is 12.5 Å². The normalized spacial score (nSPS) is 28.2. The van der Waals surface area contributed by atoms with Gasteiger partial charge in [-0.25, -0.2) is 0 Å². The van der Waals surface area contributed by atoms with Crippen molar-refractivity contribution in [2.24, 2.45) is 0 Å². The van der Waals surface area contributed by atoms with E-state index in [1.165, 1.54) is 11.1 Å². The summed E-state index contributed by atoms with van der Waals surface area (Å²) >= 11 is 0. The van der Waals surface area contributed by atoms with Gasteiger partial charge in [0.1, 0.15) is 0 Å². The number of β-amino-alcohol motifs (C(OH)–C–C–N with tert-alkyl or cyclic N) is 1. The zero-order chi connectivity index (χ0) is 16.4. The third-order valence-electron chi connectivity index (χ3n) is 5.35. The van der Waals surface area contributed by atoms with Gasteiger partial charge in [0.2, 0.25) is 5.91 Å². The summed E-state index contributed by atoms with van der Waals surface area (Å²) in [6.07, 6.45) is 4.46. The maximum atomic E-state index is 12.5. The van der Waals surface area contributed by atoms with E-state index in [-0.39, 0.29) is 18.1 Å². The van der Waals surface area contributed by atoms with Crippen molar-refractivity contribution in [3.05, 3.63) is 34.9 Å².